The molecule has 2 atom stereocenters. The van der Waals surface area contributed by atoms with Crippen molar-refractivity contribution in [3.63, 3.8) is 0 Å². The van der Waals surface area contributed by atoms with Gasteiger partial charge in [0.2, 0.25) is 11.8 Å². The Bertz CT molecular complexity index is 886. The standard InChI is InChI=1S/C25H33N3O4/c1-4-18(3)20-13-9-10-14-22(20)32-21(5-2)25(31)28-27-24(30)16-15-23(29)26-17-19-11-7-6-8-12-19/h6-14,18,21H,4-5,15-17H2,1-3H3,(H,26,29)(H,27,30)(H,28,31). The molecule has 0 heterocycles. The minimum Gasteiger partial charge on any atom is -0.480 e. The highest BCUT2D eigenvalue weighted by atomic mass is 16.5. The number of carbonyl (C=O) groups is 3. The van der Waals surface area contributed by atoms with Gasteiger partial charge in [-0.1, -0.05) is 69.3 Å². The molecular weight excluding hydrogens is 406 g/mol. The maximum Gasteiger partial charge on any atom is 0.279 e. The lowest BCUT2D eigenvalue weighted by molar-refractivity contribution is -0.133. The van der Waals surface area contributed by atoms with Crippen molar-refractivity contribution in [1.29, 1.82) is 0 Å². The molecule has 0 saturated carbocycles. The van der Waals surface area contributed by atoms with Gasteiger partial charge in [-0.25, -0.2) is 0 Å². The number of amides is 3. The maximum absolute atomic E-state index is 12.5. The van der Waals surface area contributed by atoms with E-state index in [1.54, 1.807) is 0 Å². The second-order valence-electron chi connectivity index (χ2n) is 7.66. The van der Waals surface area contributed by atoms with Crippen LogP contribution in [0.4, 0.5) is 0 Å². The Balaban J connectivity index is 1.76. The first-order valence-corrected chi connectivity index (χ1v) is 11.1. The zero-order valence-electron chi connectivity index (χ0n) is 19.0. The van der Waals surface area contributed by atoms with E-state index in [4.69, 9.17) is 4.74 Å². The molecule has 0 aliphatic rings. The number of benzene rings is 2. The minimum absolute atomic E-state index is 0.0323. The smallest absolute Gasteiger partial charge is 0.279 e. The van der Waals surface area contributed by atoms with Crippen molar-refractivity contribution < 1.29 is 19.1 Å². The van der Waals surface area contributed by atoms with Gasteiger partial charge in [0.1, 0.15) is 5.75 Å². The van der Waals surface area contributed by atoms with Gasteiger partial charge in [-0.15, -0.1) is 0 Å². The number of hydrogen-bond acceptors (Lipinski definition) is 4. The molecule has 0 spiro atoms. The summed E-state index contributed by atoms with van der Waals surface area (Å²) in [5.41, 5.74) is 6.80. The zero-order chi connectivity index (χ0) is 23.3. The monoisotopic (exact) mass is 439 g/mol. The normalized spacial score (nSPS) is 12.3. The summed E-state index contributed by atoms with van der Waals surface area (Å²) in [5.74, 6) is -0.132. The number of rotatable bonds is 11. The van der Waals surface area contributed by atoms with Crippen LogP contribution in [-0.4, -0.2) is 23.8 Å². The lowest BCUT2D eigenvalue weighted by Crippen LogP contribution is -2.48. The molecule has 32 heavy (non-hydrogen) atoms. The van der Waals surface area contributed by atoms with Gasteiger partial charge < -0.3 is 10.1 Å². The first-order chi connectivity index (χ1) is 15.4. The Kier molecular flexibility index (Phi) is 10.2. The van der Waals surface area contributed by atoms with Crippen LogP contribution in [0.2, 0.25) is 0 Å². The van der Waals surface area contributed by atoms with Crippen molar-refractivity contribution in [3.05, 3.63) is 65.7 Å². The third-order valence-electron chi connectivity index (χ3n) is 5.23. The number of ether oxygens (including phenoxy) is 1. The van der Waals surface area contributed by atoms with Crippen molar-refractivity contribution in [3.8, 4) is 5.75 Å². The summed E-state index contributed by atoms with van der Waals surface area (Å²) < 4.78 is 5.96. The number of para-hydroxylation sites is 1. The van der Waals surface area contributed by atoms with Crippen molar-refractivity contribution in [2.24, 2.45) is 0 Å². The van der Waals surface area contributed by atoms with Gasteiger partial charge in [0, 0.05) is 19.4 Å². The van der Waals surface area contributed by atoms with E-state index in [0.717, 1.165) is 17.5 Å². The fraction of sp³-hybridized carbons (Fsp3) is 0.400. The highest BCUT2D eigenvalue weighted by molar-refractivity contribution is 5.87. The Morgan fingerprint density at radius 2 is 1.50 bits per heavy atom. The van der Waals surface area contributed by atoms with E-state index in [9.17, 15) is 14.4 Å². The predicted octanol–water partition coefficient (Wildman–Crippen LogP) is 3.60. The van der Waals surface area contributed by atoms with E-state index in [1.165, 1.54) is 0 Å². The molecule has 3 amide bonds. The number of nitrogens with one attached hydrogen (secondary N) is 3. The highest BCUT2D eigenvalue weighted by Crippen LogP contribution is 2.29. The molecule has 0 fully saturated rings. The summed E-state index contributed by atoms with van der Waals surface area (Å²) in [4.78, 5) is 36.5. The predicted molar refractivity (Wildman–Crippen MR) is 124 cm³/mol. The lowest BCUT2D eigenvalue weighted by atomic mass is 9.98. The van der Waals surface area contributed by atoms with Crippen LogP contribution in [0, 0.1) is 0 Å². The van der Waals surface area contributed by atoms with Crippen LogP contribution in [0.5, 0.6) is 5.75 Å². The first-order valence-electron chi connectivity index (χ1n) is 11.1. The summed E-state index contributed by atoms with van der Waals surface area (Å²) in [6, 6.07) is 17.2. The van der Waals surface area contributed by atoms with Crippen molar-refractivity contribution in [2.75, 3.05) is 0 Å². The van der Waals surface area contributed by atoms with Gasteiger partial charge in [-0.2, -0.15) is 0 Å². The van der Waals surface area contributed by atoms with Gasteiger partial charge >= 0.3 is 0 Å². The maximum atomic E-state index is 12.5. The Labute approximate surface area is 189 Å². The fourth-order valence-corrected chi connectivity index (χ4v) is 3.08. The molecule has 2 unspecified atom stereocenters. The molecular formula is C25H33N3O4. The van der Waals surface area contributed by atoms with E-state index in [1.807, 2.05) is 61.5 Å². The second kappa shape index (κ2) is 13.1. The second-order valence-corrected chi connectivity index (χ2v) is 7.66. The van der Waals surface area contributed by atoms with Crippen LogP contribution < -0.4 is 20.9 Å². The third-order valence-corrected chi connectivity index (χ3v) is 5.23. The first kappa shape index (κ1) is 24.9. The summed E-state index contributed by atoms with van der Waals surface area (Å²) in [7, 11) is 0. The van der Waals surface area contributed by atoms with Crippen LogP contribution in [0.3, 0.4) is 0 Å². The minimum atomic E-state index is -0.741. The molecule has 0 bridgehead atoms. The molecule has 172 valence electrons. The van der Waals surface area contributed by atoms with Gasteiger partial charge in [-0.05, 0) is 36.0 Å². The molecule has 2 aromatic rings. The van der Waals surface area contributed by atoms with E-state index in [2.05, 4.69) is 30.0 Å². The fourth-order valence-electron chi connectivity index (χ4n) is 3.08. The van der Waals surface area contributed by atoms with E-state index in [-0.39, 0.29) is 18.7 Å². The van der Waals surface area contributed by atoms with Gasteiger partial charge in [-0.3, -0.25) is 25.2 Å². The quantitative estimate of drug-likeness (QED) is 0.466. The van der Waals surface area contributed by atoms with Crippen LogP contribution in [0.1, 0.15) is 63.5 Å². The molecule has 2 rings (SSSR count). The summed E-state index contributed by atoms with van der Waals surface area (Å²) in [6.45, 7) is 6.46. The molecule has 7 heteroatoms. The Morgan fingerprint density at radius 1 is 0.844 bits per heavy atom. The number of hydrogen-bond donors (Lipinski definition) is 3. The van der Waals surface area contributed by atoms with Crippen LogP contribution in [-0.2, 0) is 20.9 Å². The van der Waals surface area contributed by atoms with Crippen molar-refractivity contribution >= 4 is 17.7 Å². The van der Waals surface area contributed by atoms with E-state index >= 15 is 0 Å². The summed E-state index contributed by atoms with van der Waals surface area (Å²) in [5, 5.41) is 2.77. The van der Waals surface area contributed by atoms with Gasteiger partial charge in [0.15, 0.2) is 6.10 Å². The average molecular weight is 440 g/mol. The van der Waals surface area contributed by atoms with E-state index < -0.39 is 17.9 Å². The van der Waals surface area contributed by atoms with Crippen molar-refractivity contribution in [1.82, 2.24) is 16.2 Å². The molecule has 0 aliphatic heterocycles. The van der Waals surface area contributed by atoms with Crippen LogP contribution >= 0.6 is 0 Å². The largest absolute Gasteiger partial charge is 0.480 e. The average Bonchev–Trinajstić information content (AvgIpc) is 2.83. The topological polar surface area (TPSA) is 96.5 Å². The molecule has 0 radical (unpaired) electrons. The third kappa shape index (κ3) is 8.06. The lowest BCUT2D eigenvalue weighted by Gasteiger charge is -2.21. The molecule has 0 aliphatic carbocycles. The Morgan fingerprint density at radius 3 is 2.19 bits per heavy atom. The van der Waals surface area contributed by atoms with Gasteiger partial charge in [0.25, 0.3) is 5.91 Å². The molecule has 2 aromatic carbocycles. The molecule has 7 nitrogen and oxygen atoms in total. The number of hydrazine groups is 1. The zero-order valence-corrected chi connectivity index (χ0v) is 19.0. The number of carbonyl (C=O) groups excluding carboxylic acids is 3. The highest BCUT2D eigenvalue weighted by Gasteiger charge is 2.21. The summed E-state index contributed by atoms with van der Waals surface area (Å²) >= 11 is 0. The van der Waals surface area contributed by atoms with Gasteiger partial charge in [0.05, 0.1) is 0 Å². The molecule has 0 aromatic heterocycles. The molecule has 0 saturated heterocycles. The van der Waals surface area contributed by atoms with Crippen LogP contribution in [0.15, 0.2) is 54.6 Å². The SMILES string of the molecule is CCC(Oc1ccccc1C(C)CC)C(=O)NNC(=O)CCC(=O)NCc1ccccc1. The van der Waals surface area contributed by atoms with E-state index in [0.29, 0.717) is 24.6 Å². The Hall–Kier alpha value is -3.35. The van der Waals surface area contributed by atoms with Crippen LogP contribution in [0.25, 0.3) is 0 Å². The molecule has 3 N–H and O–H groups in total. The summed E-state index contributed by atoms with van der Waals surface area (Å²) in [6.07, 6.45) is 0.658. The van der Waals surface area contributed by atoms with Crippen molar-refractivity contribution in [2.45, 2.75) is 65.0 Å².